The van der Waals surface area contributed by atoms with E-state index in [9.17, 15) is 19.5 Å². The molecular weight excluding hydrogens is 396 g/mol. The summed E-state index contributed by atoms with van der Waals surface area (Å²) in [5, 5.41) is 16.4. The van der Waals surface area contributed by atoms with Crippen molar-refractivity contribution in [1.29, 1.82) is 0 Å². The SMILES string of the molecule is O=C(Cc1c[nH]c2ccccc12)NCC(NC(=O)Cc1c[nH]c2ccccc12)C(=O)O. The largest absolute Gasteiger partial charge is 0.480 e. The molecule has 31 heavy (non-hydrogen) atoms. The molecule has 2 aromatic heterocycles. The Balaban J connectivity index is 1.33. The Morgan fingerprint density at radius 2 is 1.32 bits per heavy atom. The Bertz CT molecular complexity index is 1260. The van der Waals surface area contributed by atoms with Crippen LogP contribution in [0.25, 0.3) is 21.8 Å². The third kappa shape index (κ3) is 4.58. The molecule has 0 fully saturated rings. The van der Waals surface area contributed by atoms with Gasteiger partial charge < -0.3 is 25.7 Å². The Kier molecular flexibility index (Phi) is 5.70. The molecule has 1 unspecified atom stereocenters. The number of fused-ring (bicyclic) bond motifs is 2. The Labute approximate surface area is 177 Å². The maximum Gasteiger partial charge on any atom is 0.328 e. The number of benzene rings is 2. The van der Waals surface area contributed by atoms with Gasteiger partial charge in [0.25, 0.3) is 0 Å². The summed E-state index contributed by atoms with van der Waals surface area (Å²) < 4.78 is 0. The van der Waals surface area contributed by atoms with Crippen molar-refractivity contribution >= 4 is 39.6 Å². The average molecular weight is 418 g/mol. The van der Waals surface area contributed by atoms with Crippen molar-refractivity contribution in [3.8, 4) is 0 Å². The molecule has 8 nitrogen and oxygen atoms in total. The molecule has 0 aliphatic carbocycles. The van der Waals surface area contributed by atoms with Gasteiger partial charge in [-0.1, -0.05) is 36.4 Å². The third-order valence-corrected chi connectivity index (χ3v) is 5.19. The lowest BCUT2D eigenvalue weighted by Crippen LogP contribution is -2.49. The van der Waals surface area contributed by atoms with Gasteiger partial charge in [-0.05, 0) is 23.3 Å². The smallest absolute Gasteiger partial charge is 0.328 e. The van der Waals surface area contributed by atoms with Gasteiger partial charge in [0.2, 0.25) is 11.8 Å². The number of aromatic nitrogens is 2. The van der Waals surface area contributed by atoms with E-state index >= 15 is 0 Å². The number of amides is 2. The van der Waals surface area contributed by atoms with E-state index in [0.29, 0.717) is 0 Å². The highest BCUT2D eigenvalue weighted by Gasteiger charge is 2.21. The van der Waals surface area contributed by atoms with Crippen molar-refractivity contribution < 1.29 is 19.5 Å². The van der Waals surface area contributed by atoms with Crippen LogP contribution in [0.5, 0.6) is 0 Å². The predicted octanol–water partition coefficient (Wildman–Crippen LogP) is 2.12. The Morgan fingerprint density at radius 3 is 1.87 bits per heavy atom. The summed E-state index contributed by atoms with van der Waals surface area (Å²) in [4.78, 5) is 42.5. The van der Waals surface area contributed by atoms with Crippen LogP contribution in [-0.4, -0.2) is 45.4 Å². The minimum Gasteiger partial charge on any atom is -0.480 e. The minimum atomic E-state index is -1.22. The minimum absolute atomic E-state index is 0.0388. The number of H-pyrrole nitrogens is 2. The van der Waals surface area contributed by atoms with E-state index in [-0.39, 0.29) is 25.3 Å². The van der Waals surface area contributed by atoms with Gasteiger partial charge in [0.15, 0.2) is 0 Å². The Morgan fingerprint density at radius 1 is 0.806 bits per heavy atom. The van der Waals surface area contributed by atoms with E-state index in [1.54, 1.807) is 12.4 Å². The Hall–Kier alpha value is -4.07. The molecule has 0 bridgehead atoms. The van der Waals surface area contributed by atoms with Crippen LogP contribution in [0.4, 0.5) is 0 Å². The normalized spacial score (nSPS) is 12.0. The molecule has 0 saturated carbocycles. The number of carboxylic acid groups (broad SMARTS) is 1. The number of nitrogens with one attached hydrogen (secondary N) is 4. The van der Waals surface area contributed by atoms with Crippen LogP contribution in [0.2, 0.25) is 0 Å². The first-order valence-electron chi connectivity index (χ1n) is 9.90. The van der Waals surface area contributed by atoms with E-state index in [1.165, 1.54) is 0 Å². The zero-order valence-corrected chi connectivity index (χ0v) is 16.6. The van der Waals surface area contributed by atoms with Gasteiger partial charge in [-0.25, -0.2) is 4.79 Å². The van der Waals surface area contributed by atoms with Gasteiger partial charge in [-0.15, -0.1) is 0 Å². The van der Waals surface area contributed by atoms with Crippen LogP contribution in [0.15, 0.2) is 60.9 Å². The summed E-state index contributed by atoms with van der Waals surface area (Å²) in [7, 11) is 0. The molecule has 2 aromatic carbocycles. The summed E-state index contributed by atoms with van der Waals surface area (Å²) in [6, 6.07) is 14.0. The molecule has 0 spiro atoms. The lowest BCUT2D eigenvalue weighted by atomic mass is 10.1. The highest BCUT2D eigenvalue weighted by molar-refractivity contribution is 5.91. The summed E-state index contributed by atoms with van der Waals surface area (Å²) >= 11 is 0. The van der Waals surface area contributed by atoms with Crippen LogP contribution in [0, 0.1) is 0 Å². The van der Waals surface area contributed by atoms with Gasteiger partial charge in [0.05, 0.1) is 12.8 Å². The van der Waals surface area contributed by atoms with Gasteiger partial charge in [0.1, 0.15) is 6.04 Å². The van der Waals surface area contributed by atoms with Crippen molar-refractivity contribution in [2.75, 3.05) is 6.54 Å². The molecule has 0 saturated heterocycles. The molecule has 2 heterocycles. The van der Waals surface area contributed by atoms with Crippen molar-refractivity contribution in [2.24, 2.45) is 0 Å². The second-order valence-electron chi connectivity index (χ2n) is 7.33. The first kappa shape index (κ1) is 20.2. The zero-order valence-electron chi connectivity index (χ0n) is 16.6. The molecule has 4 rings (SSSR count). The number of para-hydroxylation sites is 2. The summed E-state index contributed by atoms with van der Waals surface area (Å²) in [6.45, 7) is -0.198. The van der Waals surface area contributed by atoms with Gasteiger partial charge in [-0.3, -0.25) is 9.59 Å². The van der Waals surface area contributed by atoms with Crippen LogP contribution < -0.4 is 10.6 Å². The topological polar surface area (TPSA) is 127 Å². The zero-order chi connectivity index (χ0) is 21.8. The molecule has 1 atom stereocenters. The molecule has 0 aliphatic heterocycles. The monoisotopic (exact) mass is 418 g/mol. The molecule has 0 aliphatic rings. The molecule has 5 N–H and O–H groups in total. The molecule has 2 amide bonds. The second kappa shape index (κ2) is 8.74. The predicted molar refractivity (Wildman–Crippen MR) is 117 cm³/mol. The number of carbonyl (C=O) groups is 3. The average Bonchev–Trinajstić information content (AvgIpc) is 3.35. The number of hydrogen-bond donors (Lipinski definition) is 5. The number of hydrogen-bond acceptors (Lipinski definition) is 3. The maximum atomic E-state index is 12.4. The number of carboxylic acids is 1. The number of rotatable bonds is 8. The molecule has 4 aromatic rings. The fraction of sp³-hybridized carbons (Fsp3) is 0.174. The van der Waals surface area contributed by atoms with Crippen molar-refractivity contribution in [1.82, 2.24) is 20.6 Å². The summed E-state index contributed by atoms with van der Waals surface area (Å²) in [5.74, 6) is -1.95. The first-order valence-corrected chi connectivity index (χ1v) is 9.90. The lowest BCUT2D eigenvalue weighted by molar-refractivity contribution is -0.141. The summed E-state index contributed by atoms with van der Waals surface area (Å²) in [6.07, 6.45) is 3.65. The molecule has 8 heteroatoms. The quantitative estimate of drug-likeness (QED) is 0.300. The van der Waals surface area contributed by atoms with E-state index in [4.69, 9.17) is 0 Å². The number of aromatic amines is 2. The number of aliphatic carboxylic acids is 1. The summed E-state index contributed by atoms with van der Waals surface area (Å²) in [5.41, 5.74) is 3.44. The van der Waals surface area contributed by atoms with E-state index in [1.807, 2.05) is 48.5 Å². The van der Waals surface area contributed by atoms with Crippen molar-refractivity contribution in [3.63, 3.8) is 0 Å². The fourth-order valence-corrected chi connectivity index (χ4v) is 3.63. The maximum absolute atomic E-state index is 12.4. The van der Waals surface area contributed by atoms with Gasteiger partial charge in [0, 0.05) is 40.7 Å². The van der Waals surface area contributed by atoms with Crippen LogP contribution in [0.3, 0.4) is 0 Å². The third-order valence-electron chi connectivity index (χ3n) is 5.19. The standard InChI is InChI=1S/C23H22N4O4/c28-21(9-14-11-24-18-7-3-1-5-16(14)18)26-13-20(23(30)31)27-22(29)10-15-12-25-19-8-4-2-6-17(15)19/h1-8,11-12,20,24-25H,9-10,13H2,(H,26,28)(H,27,29)(H,30,31). The van der Waals surface area contributed by atoms with Crippen LogP contribution in [0.1, 0.15) is 11.1 Å². The molecule has 158 valence electrons. The van der Waals surface area contributed by atoms with Crippen molar-refractivity contribution in [2.45, 2.75) is 18.9 Å². The van der Waals surface area contributed by atoms with Crippen LogP contribution >= 0.6 is 0 Å². The molecule has 0 radical (unpaired) electrons. The van der Waals surface area contributed by atoms with Gasteiger partial charge in [-0.2, -0.15) is 0 Å². The number of carbonyl (C=O) groups excluding carboxylic acids is 2. The first-order chi connectivity index (χ1) is 15.0. The van der Waals surface area contributed by atoms with E-state index in [2.05, 4.69) is 20.6 Å². The van der Waals surface area contributed by atoms with Crippen LogP contribution in [-0.2, 0) is 27.2 Å². The lowest BCUT2D eigenvalue weighted by Gasteiger charge is -2.15. The fourth-order valence-electron chi connectivity index (χ4n) is 3.63. The second-order valence-corrected chi connectivity index (χ2v) is 7.33. The molecular formula is C23H22N4O4. The van der Waals surface area contributed by atoms with E-state index < -0.39 is 17.9 Å². The van der Waals surface area contributed by atoms with E-state index in [0.717, 1.165) is 32.9 Å². The van der Waals surface area contributed by atoms with Gasteiger partial charge >= 0.3 is 5.97 Å². The highest BCUT2D eigenvalue weighted by Crippen LogP contribution is 2.19. The van der Waals surface area contributed by atoms with Crippen molar-refractivity contribution in [3.05, 3.63) is 72.1 Å². The highest BCUT2D eigenvalue weighted by atomic mass is 16.4.